The van der Waals surface area contributed by atoms with Crippen molar-refractivity contribution >= 4 is 16.0 Å². The van der Waals surface area contributed by atoms with Gasteiger partial charge in [-0.05, 0) is 61.5 Å². The number of hydrogen-bond donors (Lipinski definition) is 1. The van der Waals surface area contributed by atoms with Crippen LogP contribution in [0.25, 0.3) is 0 Å². The third-order valence-electron chi connectivity index (χ3n) is 6.53. The molecule has 2 fully saturated rings. The summed E-state index contributed by atoms with van der Waals surface area (Å²) in [5.41, 5.74) is 2.41. The SMILES string of the molecule is COc1cccc(CN2CC[C@@H]3CN(CCc4ccccc4)S(=O)(=O)[C@@H]3CC2)c1.O=C(O)C(F)(F)F. The Morgan fingerprint density at radius 2 is 1.69 bits per heavy atom. The van der Waals surface area contributed by atoms with Gasteiger partial charge in [0, 0.05) is 19.6 Å². The van der Waals surface area contributed by atoms with Gasteiger partial charge in [-0.3, -0.25) is 4.90 Å². The standard InChI is InChI=1S/C23H30N2O3S.C2HF3O2/c1-28-22-9-5-8-20(16-22)17-24-13-11-21-18-25(29(26,27)23(21)12-14-24)15-10-19-6-3-2-4-7-19;3-2(4,5)1(6)7/h2-9,16,21,23H,10-15,17-18H2,1H3;(H,6,7)/t21-,23-;/m1./s1. The number of carbonyl (C=O) groups is 1. The number of methoxy groups -OCH3 is 1. The molecule has 0 aromatic heterocycles. The second-order valence-electron chi connectivity index (χ2n) is 8.95. The first kappa shape index (κ1) is 27.9. The quantitative estimate of drug-likeness (QED) is 0.614. The van der Waals surface area contributed by atoms with Crippen molar-refractivity contribution < 1.29 is 36.2 Å². The Labute approximate surface area is 209 Å². The molecule has 1 N–H and O–H groups in total. The third-order valence-corrected chi connectivity index (χ3v) is 8.97. The number of rotatable bonds is 6. The molecule has 2 aromatic rings. The van der Waals surface area contributed by atoms with Gasteiger partial charge in [0.1, 0.15) is 5.75 Å². The Kier molecular flexibility index (Phi) is 9.37. The molecule has 0 amide bonds. The van der Waals surface area contributed by atoms with E-state index in [1.165, 1.54) is 11.1 Å². The van der Waals surface area contributed by atoms with Crippen molar-refractivity contribution in [2.45, 2.75) is 37.2 Å². The van der Waals surface area contributed by atoms with Crippen molar-refractivity contribution in [2.24, 2.45) is 5.92 Å². The highest BCUT2D eigenvalue weighted by molar-refractivity contribution is 7.90. The minimum Gasteiger partial charge on any atom is -0.497 e. The van der Waals surface area contributed by atoms with Crippen LogP contribution in [0.4, 0.5) is 13.2 Å². The molecular formula is C25H31F3N2O5S. The molecule has 0 aliphatic carbocycles. The minimum absolute atomic E-state index is 0.228. The van der Waals surface area contributed by atoms with Crippen LogP contribution in [-0.2, 0) is 27.8 Å². The van der Waals surface area contributed by atoms with E-state index in [1.54, 1.807) is 11.4 Å². The minimum atomic E-state index is -5.08. The van der Waals surface area contributed by atoms with Crippen LogP contribution < -0.4 is 4.74 Å². The average Bonchev–Trinajstić information content (AvgIpc) is 2.95. The fraction of sp³-hybridized carbons (Fsp3) is 0.480. The van der Waals surface area contributed by atoms with Gasteiger partial charge in [-0.25, -0.2) is 17.5 Å². The van der Waals surface area contributed by atoms with Crippen LogP contribution in [0.15, 0.2) is 54.6 Å². The molecular weight excluding hydrogens is 497 g/mol. The van der Waals surface area contributed by atoms with E-state index in [0.29, 0.717) is 13.1 Å². The maximum absolute atomic E-state index is 13.1. The Hall–Kier alpha value is -2.63. The number of carboxylic acid groups (broad SMARTS) is 1. The molecule has 4 rings (SSSR count). The number of ether oxygens (including phenoxy) is 1. The summed E-state index contributed by atoms with van der Waals surface area (Å²) in [5, 5.41) is 6.90. The Morgan fingerprint density at radius 3 is 2.33 bits per heavy atom. The third kappa shape index (κ3) is 7.44. The molecule has 0 spiro atoms. The first-order valence-corrected chi connectivity index (χ1v) is 13.2. The lowest BCUT2D eigenvalue weighted by molar-refractivity contribution is -0.192. The van der Waals surface area contributed by atoms with Crippen molar-refractivity contribution in [1.29, 1.82) is 0 Å². The summed E-state index contributed by atoms with van der Waals surface area (Å²) < 4.78 is 65.1. The van der Waals surface area contributed by atoms with Crippen LogP contribution in [0, 0.1) is 5.92 Å². The van der Waals surface area contributed by atoms with Crippen molar-refractivity contribution in [3.63, 3.8) is 0 Å². The van der Waals surface area contributed by atoms with Crippen molar-refractivity contribution in [2.75, 3.05) is 33.3 Å². The van der Waals surface area contributed by atoms with E-state index in [2.05, 4.69) is 29.2 Å². The molecule has 0 radical (unpaired) electrons. The summed E-state index contributed by atoms with van der Waals surface area (Å²) in [6.07, 6.45) is -2.64. The van der Waals surface area contributed by atoms with Crippen LogP contribution in [0.3, 0.4) is 0 Å². The van der Waals surface area contributed by atoms with E-state index >= 15 is 0 Å². The zero-order valence-corrected chi connectivity index (χ0v) is 20.8. The van der Waals surface area contributed by atoms with Gasteiger partial charge in [0.2, 0.25) is 10.0 Å². The maximum Gasteiger partial charge on any atom is 0.490 e. The number of fused-ring (bicyclic) bond motifs is 1. The number of hydrogen-bond acceptors (Lipinski definition) is 5. The Balaban J connectivity index is 0.000000454. The molecule has 2 aliphatic rings. The topological polar surface area (TPSA) is 87.2 Å². The second-order valence-corrected chi connectivity index (χ2v) is 11.1. The van der Waals surface area contributed by atoms with E-state index in [1.807, 2.05) is 30.3 Å². The molecule has 0 saturated carbocycles. The first-order valence-electron chi connectivity index (χ1n) is 11.7. The summed E-state index contributed by atoms with van der Waals surface area (Å²) in [5.74, 6) is -1.65. The molecule has 2 atom stereocenters. The van der Waals surface area contributed by atoms with E-state index < -0.39 is 22.2 Å². The Morgan fingerprint density at radius 1 is 1.06 bits per heavy atom. The molecule has 2 aromatic carbocycles. The molecule has 0 bridgehead atoms. The van der Waals surface area contributed by atoms with E-state index in [9.17, 15) is 21.6 Å². The van der Waals surface area contributed by atoms with Gasteiger partial charge in [-0.2, -0.15) is 13.2 Å². The highest BCUT2D eigenvalue weighted by Gasteiger charge is 2.46. The number of nitrogens with zero attached hydrogens (tertiary/aromatic N) is 2. The van der Waals surface area contributed by atoms with Crippen molar-refractivity contribution in [3.8, 4) is 5.75 Å². The first-order chi connectivity index (χ1) is 17.0. The fourth-order valence-electron chi connectivity index (χ4n) is 4.65. The highest BCUT2D eigenvalue weighted by Crippen LogP contribution is 2.34. The van der Waals surface area contributed by atoms with Gasteiger partial charge in [-0.15, -0.1) is 0 Å². The van der Waals surface area contributed by atoms with Crippen molar-refractivity contribution in [1.82, 2.24) is 9.21 Å². The largest absolute Gasteiger partial charge is 0.497 e. The van der Waals surface area contributed by atoms with Gasteiger partial charge in [0.05, 0.1) is 12.4 Å². The van der Waals surface area contributed by atoms with Crippen LogP contribution in [0.5, 0.6) is 5.75 Å². The zero-order valence-electron chi connectivity index (χ0n) is 20.0. The fourth-order valence-corrected chi connectivity index (χ4v) is 6.89. The molecule has 11 heteroatoms. The number of benzene rings is 2. The maximum atomic E-state index is 13.1. The Bertz CT molecular complexity index is 1110. The molecule has 2 heterocycles. The number of alkyl halides is 3. The number of carboxylic acids is 1. The van der Waals surface area contributed by atoms with Crippen molar-refractivity contribution in [3.05, 3.63) is 65.7 Å². The van der Waals surface area contributed by atoms with Crippen LogP contribution in [0.1, 0.15) is 24.0 Å². The molecule has 2 saturated heterocycles. The predicted octanol–water partition coefficient (Wildman–Crippen LogP) is 3.80. The van der Waals surface area contributed by atoms with Gasteiger partial charge in [0.25, 0.3) is 0 Å². The average molecular weight is 529 g/mol. The predicted molar refractivity (Wildman–Crippen MR) is 129 cm³/mol. The number of likely N-dealkylation sites (tertiary alicyclic amines) is 1. The summed E-state index contributed by atoms with van der Waals surface area (Å²) in [6, 6.07) is 18.3. The lowest BCUT2D eigenvalue weighted by Gasteiger charge is -2.22. The molecule has 36 heavy (non-hydrogen) atoms. The normalized spacial score (nSPS) is 22.1. The molecule has 2 aliphatic heterocycles. The van der Waals surface area contributed by atoms with Crippen LogP contribution >= 0.6 is 0 Å². The van der Waals surface area contributed by atoms with Crippen LogP contribution in [0.2, 0.25) is 0 Å². The molecule has 7 nitrogen and oxygen atoms in total. The zero-order chi connectivity index (χ0) is 26.3. The van der Waals surface area contributed by atoms with Crippen LogP contribution in [-0.4, -0.2) is 73.4 Å². The van der Waals surface area contributed by atoms with E-state index in [4.69, 9.17) is 14.6 Å². The van der Waals surface area contributed by atoms with E-state index in [-0.39, 0.29) is 11.2 Å². The highest BCUT2D eigenvalue weighted by atomic mass is 32.2. The van der Waals surface area contributed by atoms with Gasteiger partial charge >= 0.3 is 12.1 Å². The lowest BCUT2D eigenvalue weighted by Crippen LogP contribution is -2.33. The van der Waals surface area contributed by atoms with Gasteiger partial charge in [-0.1, -0.05) is 42.5 Å². The molecule has 0 unspecified atom stereocenters. The second kappa shape index (κ2) is 12.1. The number of halogens is 3. The number of sulfonamides is 1. The summed E-state index contributed by atoms with van der Waals surface area (Å²) in [4.78, 5) is 11.3. The monoisotopic (exact) mass is 528 g/mol. The van der Waals surface area contributed by atoms with E-state index in [0.717, 1.165) is 44.6 Å². The summed E-state index contributed by atoms with van der Waals surface area (Å²) in [6.45, 7) is 3.87. The van der Waals surface area contributed by atoms with Gasteiger partial charge in [0.15, 0.2) is 0 Å². The smallest absolute Gasteiger partial charge is 0.490 e. The lowest BCUT2D eigenvalue weighted by atomic mass is 10.0. The van der Waals surface area contributed by atoms with Gasteiger partial charge < -0.3 is 9.84 Å². The molecule has 198 valence electrons. The summed E-state index contributed by atoms with van der Waals surface area (Å²) >= 11 is 0. The number of aliphatic carboxylic acids is 1. The summed E-state index contributed by atoms with van der Waals surface area (Å²) in [7, 11) is -1.52.